The van der Waals surface area contributed by atoms with Crippen molar-refractivity contribution in [2.45, 2.75) is 32.9 Å². The van der Waals surface area contributed by atoms with Gasteiger partial charge in [-0.15, -0.1) is 0 Å². The maximum Gasteiger partial charge on any atom is 0.242 e. The lowest BCUT2D eigenvalue weighted by atomic mass is 10.1. The van der Waals surface area contributed by atoms with Crippen LogP contribution in [0.25, 0.3) is 0 Å². The smallest absolute Gasteiger partial charge is 0.242 e. The molecule has 0 aliphatic heterocycles. The largest absolute Gasteiger partial charge is 0.467 e. The number of amides is 1. The topological polar surface area (TPSA) is 59.5 Å². The molecule has 2 N–H and O–H groups in total. The van der Waals surface area contributed by atoms with Crippen LogP contribution in [-0.4, -0.2) is 22.9 Å². The minimum absolute atomic E-state index is 0.0681. The average molecular weight is 210 g/mol. The van der Waals surface area contributed by atoms with Crippen LogP contribution in [-0.2, 0) is 11.3 Å². The van der Waals surface area contributed by atoms with Crippen molar-refractivity contribution in [1.82, 2.24) is 4.90 Å². The van der Waals surface area contributed by atoms with Gasteiger partial charge in [-0.05, 0) is 32.9 Å². The Morgan fingerprint density at radius 3 is 2.67 bits per heavy atom. The molecule has 0 bridgehead atoms. The molecule has 0 aliphatic carbocycles. The van der Waals surface area contributed by atoms with E-state index in [0.29, 0.717) is 13.1 Å². The Bertz CT molecular complexity index is 312. The molecule has 0 atom stereocenters. The summed E-state index contributed by atoms with van der Waals surface area (Å²) in [5.41, 5.74) is 4.93. The zero-order chi connectivity index (χ0) is 11.5. The first-order valence-corrected chi connectivity index (χ1v) is 5.05. The molecule has 1 amide bonds. The first-order chi connectivity index (χ1) is 6.95. The van der Waals surface area contributed by atoms with Crippen molar-refractivity contribution in [3.8, 4) is 0 Å². The van der Waals surface area contributed by atoms with Gasteiger partial charge in [0, 0.05) is 6.54 Å². The molecule has 0 aromatic carbocycles. The Morgan fingerprint density at radius 2 is 2.27 bits per heavy atom. The van der Waals surface area contributed by atoms with E-state index in [1.807, 2.05) is 13.0 Å². The van der Waals surface area contributed by atoms with Gasteiger partial charge in [-0.2, -0.15) is 0 Å². The fourth-order valence-electron chi connectivity index (χ4n) is 1.33. The maximum atomic E-state index is 11.9. The van der Waals surface area contributed by atoms with E-state index in [1.165, 1.54) is 0 Å². The zero-order valence-corrected chi connectivity index (χ0v) is 9.49. The van der Waals surface area contributed by atoms with Gasteiger partial charge in [-0.3, -0.25) is 4.79 Å². The lowest BCUT2D eigenvalue weighted by Crippen LogP contribution is -2.50. The second-order valence-electron chi connectivity index (χ2n) is 4.12. The molecular weight excluding hydrogens is 192 g/mol. The van der Waals surface area contributed by atoms with Crippen molar-refractivity contribution in [2.24, 2.45) is 5.73 Å². The number of carbonyl (C=O) groups is 1. The summed E-state index contributed by atoms with van der Waals surface area (Å²) in [6.07, 6.45) is 1.60. The highest BCUT2D eigenvalue weighted by atomic mass is 16.3. The monoisotopic (exact) mass is 210 g/mol. The average Bonchev–Trinajstić information content (AvgIpc) is 2.64. The van der Waals surface area contributed by atoms with Crippen LogP contribution in [0.15, 0.2) is 22.8 Å². The minimum atomic E-state index is -0.831. The lowest BCUT2D eigenvalue weighted by Gasteiger charge is -2.27. The molecule has 84 valence electrons. The number of rotatable bonds is 4. The number of carbonyl (C=O) groups excluding carboxylic acids is 1. The standard InChI is InChI=1S/C11H18N2O2/c1-4-13(10(14)11(2,3)12)8-9-6-5-7-15-9/h5-7H,4,8,12H2,1-3H3. The molecule has 0 unspecified atom stereocenters. The van der Waals surface area contributed by atoms with Gasteiger partial charge < -0.3 is 15.1 Å². The molecule has 1 heterocycles. The normalized spacial score (nSPS) is 11.5. The van der Waals surface area contributed by atoms with Crippen LogP contribution < -0.4 is 5.73 Å². The second kappa shape index (κ2) is 4.49. The SMILES string of the molecule is CCN(Cc1ccco1)C(=O)C(C)(C)N. The predicted octanol–water partition coefficient (Wildman–Crippen LogP) is 1.37. The molecule has 0 fully saturated rings. The highest BCUT2D eigenvalue weighted by Crippen LogP contribution is 2.10. The molecule has 4 heteroatoms. The number of hydrogen-bond donors (Lipinski definition) is 1. The van der Waals surface area contributed by atoms with Gasteiger partial charge in [0.1, 0.15) is 5.76 Å². The quantitative estimate of drug-likeness (QED) is 0.816. The fraction of sp³-hybridized carbons (Fsp3) is 0.545. The second-order valence-corrected chi connectivity index (χ2v) is 4.12. The van der Waals surface area contributed by atoms with Crippen molar-refractivity contribution in [1.29, 1.82) is 0 Å². The van der Waals surface area contributed by atoms with Crippen LogP contribution >= 0.6 is 0 Å². The van der Waals surface area contributed by atoms with Gasteiger partial charge in [0.2, 0.25) is 5.91 Å². The number of hydrogen-bond acceptors (Lipinski definition) is 3. The van der Waals surface area contributed by atoms with Crippen molar-refractivity contribution in [3.63, 3.8) is 0 Å². The first kappa shape index (κ1) is 11.8. The molecule has 0 aliphatic rings. The van der Waals surface area contributed by atoms with E-state index in [1.54, 1.807) is 31.1 Å². The summed E-state index contributed by atoms with van der Waals surface area (Å²) in [5, 5.41) is 0. The van der Waals surface area contributed by atoms with E-state index >= 15 is 0 Å². The number of nitrogens with two attached hydrogens (primary N) is 1. The lowest BCUT2D eigenvalue weighted by molar-refractivity contribution is -0.136. The van der Waals surface area contributed by atoms with Gasteiger partial charge in [-0.1, -0.05) is 0 Å². The molecule has 4 nitrogen and oxygen atoms in total. The summed E-state index contributed by atoms with van der Waals surface area (Å²) in [6, 6.07) is 3.65. The van der Waals surface area contributed by atoms with E-state index in [9.17, 15) is 4.79 Å². The molecule has 15 heavy (non-hydrogen) atoms. The van der Waals surface area contributed by atoms with Crippen LogP contribution in [0.4, 0.5) is 0 Å². The molecule has 1 aromatic heterocycles. The van der Waals surface area contributed by atoms with Crippen molar-refractivity contribution in [3.05, 3.63) is 24.2 Å². The molecule has 0 saturated heterocycles. The number of furan rings is 1. The van der Waals surface area contributed by atoms with Crippen LogP contribution in [0.3, 0.4) is 0 Å². The van der Waals surface area contributed by atoms with Gasteiger partial charge in [0.25, 0.3) is 0 Å². The van der Waals surface area contributed by atoms with Gasteiger partial charge in [0.15, 0.2) is 0 Å². The summed E-state index contributed by atoms with van der Waals surface area (Å²) in [7, 11) is 0. The summed E-state index contributed by atoms with van der Waals surface area (Å²) in [4.78, 5) is 13.6. The number of nitrogens with zero attached hydrogens (tertiary/aromatic N) is 1. The first-order valence-electron chi connectivity index (χ1n) is 5.05. The summed E-state index contributed by atoms with van der Waals surface area (Å²) >= 11 is 0. The highest BCUT2D eigenvalue weighted by Gasteiger charge is 2.27. The molecular formula is C11H18N2O2. The molecule has 0 saturated carbocycles. The highest BCUT2D eigenvalue weighted by molar-refractivity contribution is 5.85. The van der Waals surface area contributed by atoms with E-state index in [2.05, 4.69) is 0 Å². The third kappa shape index (κ3) is 3.09. The summed E-state index contributed by atoms with van der Waals surface area (Å²) < 4.78 is 5.19. The van der Waals surface area contributed by atoms with E-state index in [4.69, 9.17) is 10.2 Å². The third-order valence-electron chi connectivity index (χ3n) is 2.15. The Labute approximate surface area is 90.0 Å². The third-order valence-corrected chi connectivity index (χ3v) is 2.15. The van der Waals surface area contributed by atoms with Crippen molar-refractivity contribution in [2.75, 3.05) is 6.54 Å². The van der Waals surface area contributed by atoms with Crippen molar-refractivity contribution >= 4 is 5.91 Å². The van der Waals surface area contributed by atoms with Crippen LogP contribution in [0.1, 0.15) is 26.5 Å². The Balaban J connectivity index is 2.69. The Morgan fingerprint density at radius 1 is 1.60 bits per heavy atom. The van der Waals surface area contributed by atoms with Crippen LogP contribution in [0, 0.1) is 0 Å². The maximum absolute atomic E-state index is 11.9. The zero-order valence-electron chi connectivity index (χ0n) is 9.49. The van der Waals surface area contributed by atoms with Crippen molar-refractivity contribution < 1.29 is 9.21 Å². The van der Waals surface area contributed by atoms with Gasteiger partial charge in [0.05, 0.1) is 18.3 Å². The summed E-state index contributed by atoms with van der Waals surface area (Å²) in [5.74, 6) is 0.704. The minimum Gasteiger partial charge on any atom is -0.467 e. The molecule has 1 rings (SSSR count). The number of likely N-dealkylation sites (N-methyl/N-ethyl adjacent to an activating group) is 1. The van der Waals surface area contributed by atoms with Crippen LogP contribution in [0.2, 0.25) is 0 Å². The van der Waals surface area contributed by atoms with Gasteiger partial charge >= 0.3 is 0 Å². The fourth-order valence-corrected chi connectivity index (χ4v) is 1.33. The Kier molecular flexibility index (Phi) is 3.52. The van der Waals surface area contributed by atoms with Crippen LogP contribution in [0.5, 0.6) is 0 Å². The Hall–Kier alpha value is -1.29. The molecule has 0 spiro atoms. The predicted molar refractivity (Wildman–Crippen MR) is 58.1 cm³/mol. The summed E-state index contributed by atoms with van der Waals surface area (Å²) in [6.45, 7) is 6.44. The molecule has 0 radical (unpaired) electrons. The van der Waals surface area contributed by atoms with Gasteiger partial charge in [-0.25, -0.2) is 0 Å². The molecule has 1 aromatic rings. The van der Waals surface area contributed by atoms with E-state index in [0.717, 1.165) is 5.76 Å². The van der Waals surface area contributed by atoms with E-state index in [-0.39, 0.29) is 5.91 Å². The van der Waals surface area contributed by atoms with E-state index < -0.39 is 5.54 Å².